The molecule has 10 nitrogen and oxygen atoms in total. The van der Waals surface area contributed by atoms with E-state index in [2.05, 4.69) is 49.8 Å². The fourth-order valence-corrected chi connectivity index (χ4v) is 5.30. The van der Waals surface area contributed by atoms with Crippen LogP contribution in [-0.2, 0) is 23.4 Å². The van der Waals surface area contributed by atoms with Gasteiger partial charge in [0, 0.05) is 57.8 Å². The molecule has 0 bridgehead atoms. The quantitative estimate of drug-likeness (QED) is 0.219. The van der Waals surface area contributed by atoms with E-state index >= 15 is 0 Å². The molecule has 3 N–H and O–H groups in total. The number of aromatic nitrogens is 5. The summed E-state index contributed by atoms with van der Waals surface area (Å²) in [5.74, 6) is 1.40. The summed E-state index contributed by atoms with van der Waals surface area (Å²) in [6.07, 6.45) is -0.642. The zero-order valence-electron chi connectivity index (χ0n) is 25.0. The molecule has 3 aromatic rings. The first kappa shape index (κ1) is 31.2. The van der Waals surface area contributed by atoms with Crippen LogP contribution in [0.2, 0.25) is 0 Å². The number of piperidine rings is 1. The SMILES string of the molecule is CNc1ncnc(N2CCC(c3nc(-c4cc(C(F)(F)F)nn4C)ccc3NCCNC(C)C)CC2)c1C(C)(C)C=O. The van der Waals surface area contributed by atoms with Crippen LogP contribution in [0.1, 0.15) is 63.4 Å². The molecular weight excluding hydrogens is 547 g/mol. The van der Waals surface area contributed by atoms with Crippen LogP contribution in [0.15, 0.2) is 24.5 Å². The molecule has 0 saturated carbocycles. The minimum atomic E-state index is -4.54. The van der Waals surface area contributed by atoms with Crippen LogP contribution >= 0.6 is 0 Å². The van der Waals surface area contributed by atoms with E-state index in [1.165, 1.54) is 18.1 Å². The normalized spacial score (nSPS) is 14.9. The van der Waals surface area contributed by atoms with E-state index in [0.717, 1.165) is 54.5 Å². The molecule has 0 aliphatic carbocycles. The number of carbonyl (C=O) groups is 1. The zero-order chi connectivity index (χ0) is 30.7. The average Bonchev–Trinajstić information content (AvgIpc) is 3.37. The fraction of sp³-hybridized carbons (Fsp3) is 0.552. The molecule has 1 saturated heterocycles. The van der Waals surface area contributed by atoms with Gasteiger partial charge in [-0.25, -0.2) is 15.0 Å². The summed E-state index contributed by atoms with van der Waals surface area (Å²) in [5, 5.41) is 13.6. The third-order valence-corrected chi connectivity index (χ3v) is 7.53. The Morgan fingerprint density at radius 2 is 1.83 bits per heavy atom. The van der Waals surface area contributed by atoms with Gasteiger partial charge in [-0.15, -0.1) is 0 Å². The van der Waals surface area contributed by atoms with Crippen LogP contribution in [0.3, 0.4) is 0 Å². The van der Waals surface area contributed by atoms with Crippen molar-refractivity contribution in [1.82, 2.24) is 30.0 Å². The summed E-state index contributed by atoms with van der Waals surface area (Å²) >= 11 is 0. The number of nitrogens with one attached hydrogen (secondary N) is 3. The Labute approximate surface area is 244 Å². The number of halogens is 3. The summed E-state index contributed by atoms with van der Waals surface area (Å²) in [7, 11) is 3.26. The Morgan fingerprint density at radius 3 is 2.43 bits per heavy atom. The van der Waals surface area contributed by atoms with Gasteiger partial charge in [-0.3, -0.25) is 4.68 Å². The van der Waals surface area contributed by atoms with E-state index in [1.807, 2.05) is 19.9 Å². The lowest BCUT2D eigenvalue weighted by atomic mass is 9.85. The second kappa shape index (κ2) is 12.6. The fourth-order valence-electron chi connectivity index (χ4n) is 5.30. The van der Waals surface area contributed by atoms with Gasteiger partial charge in [0.1, 0.15) is 24.2 Å². The second-order valence-electron chi connectivity index (χ2n) is 11.5. The van der Waals surface area contributed by atoms with Gasteiger partial charge in [-0.1, -0.05) is 13.8 Å². The van der Waals surface area contributed by atoms with Crippen molar-refractivity contribution in [3.63, 3.8) is 0 Å². The summed E-state index contributed by atoms with van der Waals surface area (Å²) in [5.41, 5.74) is 1.43. The van der Waals surface area contributed by atoms with Crippen LogP contribution in [0.5, 0.6) is 0 Å². The van der Waals surface area contributed by atoms with Crippen molar-refractivity contribution in [3.05, 3.63) is 41.5 Å². The standard InChI is InChI=1S/C29H40F3N9O/c1-18(2)34-11-12-35-21-8-7-20(22-15-23(29(30,31)32)39-40(22)6)38-25(21)19-9-13-41(14-10-19)27-24(28(3,4)16-42)26(33-5)36-17-37-27/h7-8,15-19,34-35H,9-14H2,1-6H3,(H,33,36,37). The minimum absolute atomic E-state index is 0.0604. The molecule has 1 fully saturated rings. The monoisotopic (exact) mass is 587 g/mol. The number of hydrogen-bond acceptors (Lipinski definition) is 9. The first-order chi connectivity index (χ1) is 19.9. The third-order valence-electron chi connectivity index (χ3n) is 7.53. The number of hydrogen-bond donors (Lipinski definition) is 3. The number of nitrogens with zero attached hydrogens (tertiary/aromatic N) is 6. The van der Waals surface area contributed by atoms with E-state index < -0.39 is 17.3 Å². The number of pyridine rings is 1. The average molecular weight is 588 g/mol. The molecule has 4 heterocycles. The number of carbonyl (C=O) groups excluding carboxylic acids is 1. The molecule has 1 aliphatic rings. The lowest BCUT2D eigenvalue weighted by Crippen LogP contribution is -2.37. The van der Waals surface area contributed by atoms with E-state index in [0.29, 0.717) is 42.9 Å². The first-order valence-electron chi connectivity index (χ1n) is 14.2. The van der Waals surface area contributed by atoms with Gasteiger partial charge in [0.25, 0.3) is 0 Å². The van der Waals surface area contributed by atoms with Gasteiger partial charge in [0.05, 0.1) is 28.2 Å². The lowest BCUT2D eigenvalue weighted by molar-refractivity contribution is -0.141. The third kappa shape index (κ3) is 6.83. The Kier molecular flexibility index (Phi) is 9.39. The van der Waals surface area contributed by atoms with Crippen molar-refractivity contribution in [2.24, 2.45) is 7.05 Å². The van der Waals surface area contributed by atoms with Crippen molar-refractivity contribution in [2.75, 3.05) is 48.8 Å². The smallest absolute Gasteiger partial charge is 0.382 e. The van der Waals surface area contributed by atoms with E-state index in [-0.39, 0.29) is 5.92 Å². The molecule has 0 aromatic carbocycles. The molecule has 0 radical (unpaired) electrons. The molecule has 13 heteroatoms. The van der Waals surface area contributed by atoms with Crippen LogP contribution in [0, 0.1) is 0 Å². The van der Waals surface area contributed by atoms with Crippen LogP contribution in [-0.4, -0.2) is 70.3 Å². The number of aryl methyl sites for hydroxylation is 1. The van der Waals surface area contributed by atoms with Crippen molar-refractivity contribution in [2.45, 2.75) is 64.1 Å². The molecule has 0 spiro atoms. The molecular formula is C29H40F3N9O. The summed E-state index contributed by atoms with van der Waals surface area (Å²) in [6.45, 7) is 10.6. The minimum Gasteiger partial charge on any atom is -0.382 e. The second-order valence-corrected chi connectivity index (χ2v) is 11.5. The molecule has 0 unspecified atom stereocenters. The molecule has 228 valence electrons. The Hall–Kier alpha value is -3.74. The van der Waals surface area contributed by atoms with Gasteiger partial charge < -0.3 is 25.6 Å². The van der Waals surface area contributed by atoms with E-state index in [9.17, 15) is 18.0 Å². The van der Waals surface area contributed by atoms with Gasteiger partial charge in [-0.2, -0.15) is 18.3 Å². The van der Waals surface area contributed by atoms with Crippen LogP contribution in [0.25, 0.3) is 11.4 Å². The van der Waals surface area contributed by atoms with Crippen molar-refractivity contribution < 1.29 is 18.0 Å². The van der Waals surface area contributed by atoms with E-state index in [4.69, 9.17) is 4.98 Å². The molecule has 4 rings (SSSR count). The highest BCUT2D eigenvalue weighted by atomic mass is 19.4. The highest BCUT2D eigenvalue weighted by Gasteiger charge is 2.36. The Balaban J connectivity index is 1.63. The number of rotatable bonds is 11. The summed E-state index contributed by atoms with van der Waals surface area (Å²) in [6, 6.07) is 5.03. The maximum Gasteiger partial charge on any atom is 0.435 e. The van der Waals surface area contributed by atoms with Gasteiger partial charge in [0.2, 0.25) is 0 Å². The van der Waals surface area contributed by atoms with Crippen LogP contribution < -0.4 is 20.9 Å². The van der Waals surface area contributed by atoms with Gasteiger partial charge in [0.15, 0.2) is 5.69 Å². The maximum atomic E-state index is 13.4. The summed E-state index contributed by atoms with van der Waals surface area (Å²) in [4.78, 5) is 28.0. The van der Waals surface area contributed by atoms with Crippen molar-refractivity contribution in [1.29, 1.82) is 0 Å². The maximum absolute atomic E-state index is 13.4. The Morgan fingerprint density at radius 1 is 1.12 bits per heavy atom. The molecule has 0 amide bonds. The molecule has 42 heavy (non-hydrogen) atoms. The molecule has 1 aliphatic heterocycles. The van der Waals surface area contributed by atoms with Crippen molar-refractivity contribution >= 4 is 23.6 Å². The predicted molar refractivity (Wildman–Crippen MR) is 158 cm³/mol. The zero-order valence-corrected chi connectivity index (χ0v) is 25.0. The number of anilines is 3. The number of alkyl halides is 3. The topological polar surface area (TPSA) is 113 Å². The Bertz CT molecular complexity index is 1380. The van der Waals surface area contributed by atoms with Gasteiger partial charge in [-0.05, 0) is 44.9 Å². The highest BCUT2D eigenvalue weighted by molar-refractivity contribution is 5.76. The van der Waals surface area contributed by atoms with Crippen molar-refractivity contribution in [3.8, 4) is 11.4 Å². The number of aldehydes is 1. The lowest BCUT2D eigenvalue weighted by Gasteiger charge is -2.36. The van der Waals surface area contributed by atoms with Crippen LogP contribution in [0.4, 0.5) is 30.5 Å². The largest absolute Gasteiger partial charge is 0.435 e. The van der Waals surface area contributed by atoms with E-state index in [1.54, 1.807) is 13.1 Å². The highest BCUT2D eigenvalue weighted by Crippen LogP contribution is 2.39. The molecule has 3 aromatic heterocycles. The first-order valence-corrected chi connectivity index (χ1v) is 14.2. The predicted octanol–water partition coefficient (Wildman–Crippen LogP) is 4.60. The van der Waals surface area contributed by atoms with Gasteiger partial charge >= 0.3 is 6.18 Å². The summed E-state index contributed by atoms with van der Waals surface area (Å²) < 4.78 is 41.3. The molecule has 0 atom stereocenters.